The summed E-state index contributed by atoms with van der Waals surface area (Å²) in [6, 6.07) is 30.6. The Kier molecular flexibility index (Phi) is 18.2. The molecule has 0 amide bonds. The summed E-state index contributed by atoms with van der Waals surface area (Å²) in [4.78, 5) is 50.7. The molecule has 2 aliphatic heterocycles. The van der Waals surface area contributed by atoms with Crippen molar-refractivity contribution in [3.8, 4) is 34.0 Å². The second-order valence-electron chi connectivity index (χ2n) is 15.8. The van der Waals surface area contributed by atoms with Crippen LogP contribution in [0.2, 0.25) is 5.15 Å². The number of nitrogens with two attached hydrogens (primary N) is 1. The molecule has 0 aliphatic carbocycles. The minimum absolute atomic E-state index is 0.286. The van der Waals surface area contributed by atoms with Crippen LogP contribution in [0, 0.1) is 0 Å². The van der Waals surface area contributed by atoms with Gasteiger partial charge in [-0.2, -0.15) is 0 Å². The highest BCUT2D eigenvalue weighted by Crippen LogP contribution is 2.31. The lowest BCUT2D eigenvalue weighted by Gasteiger charge is -2.35. The van der Waals surface area contributed by atoms with Crippen molar-refractivity contribution in [3.05, 3.63) is 137 Å². The molecule has 4 aromatic carbocycles. The number of hydrogen-bond acceptors (Lipinski definition) is 15. The van der Waals surface area contributed by atoms with Crippen LogP contribution in [0.5, 0.6) is 11.5 Å². The number of halogens is 1. The number of carbonyl (C=O) groups is 2. The minimum Gasteiger partial charge on any atom is -0.496 e. The fourth-order valence-corrected chi connectivity index (χ4v) is 7.83. The van der Waals surface area contributed by atoms with Crippen LogP contribution in [0.4, 0.5) is 17.1 Å². The molecule has 0 saturated carbocycles. The van der Waals surface area contributed by atoms with Gasteiger partial charge in [-0.1, -0.05) is 41.9 Å². The zero-order valence-electron chi connectivity index (χ0n) is 39.2. The Balaban J connectivity index is 0.000000183. The number of methoxy groups -OCH3 is 2. The van der Waals surface area contributed by atoms with Crippen molar-refractivity contribution >= 4 is 40.6 Å². The normalized spacial score (nSPS) is 13.9. The van der Waals surface area contributed by atoms with E-state index in [0.717, 1.165) is 109 Å². The molecule has 15 nitrogen and oxygen atoms in total. The lowest BCUT2D eigenvalue weighted by atomic mass is 10.0. The molecular weight excluding hydrogens is 870 g/mol. The molecule has 8 rings (SSSR count). The highest BCUT2D eigenvalue weighted by atomic mass is 35.5. The highest BCUT2D eigenvalue weighted by Gasteiger charge is 2.23. The summed E-state index contributed by atoms with van der Waals surface area (Å²) in [6.45, 7) is 11.9. The van der Waals surface area contributed by atoms with E-state index in [9.17, 15) is 9.59 Å². The number of nitrogens with zero attached hydrogens (tertiary/aromatic N) is 8. The number of rotatable bonds is 12. The highest BCUT2D eigenvalue weighted by molar-refractivity contribution is 6.29. The molecule has 0 radical (unpaired) electrons. The minimum atomic E-state index is -0.302. The van der Waals surface area contributed by atoms with Crippen molar-refractivity contribution in [1.29, 1.82) is 0 Å². The summed E-state index contributed by atoms with van der Waals surface area (Å²) in [5.41, 5.74) is 14.6. The molecule has 352 valence electrons. The van der Waals surface area contributed by atoms with Gasteiger partial charge in [-0.15, -0.1) is 0 Å². The third-order valence-corrected chi connectivity index (χ3v) is 11.5. The van der Waals surface area contributed by atoms with Gasteiger partial charge in [0.25, 0.3) is 0 Å². The molecule has 2 saturated heterocycles. The van der Waals surface area contributed by atoms with E-state index >= 15 is 0 Å². The van der Waals surface area contributed by atoms with Gasteiger partial charge in [-0.25, -0.2) is 29.5 Å². The lowest BCUT2D eigenvalue weighted by Crippen LogP contribution is -2.45. The monoisotopic (exact) mass is 929 g/mol. The van der Waals surface area contributed by atoms with Crippen LogP contribution < -0.4 is 25.0 Å². The standard InChI is InChI=1S/C26H30N4O3.C14H21N3O2.C11H9ClN2O/c1-4-33-26(31)22-16-19(9-10-24(22)30-13-11-29(2)12-14-30)15-20-17-23(28-18-27-20)21-7-5-6-8-25(21)32-3;1-3-19-14(18)12-10-11(15)4-5-13(12)17-8-6-16(2)7-9-17;1-15-10-5-3-2-4-8(10)9-6-11(12)14-7-13-9/h5-10,16-18H,4,11-15H2,1-3H3;4-5,10H,3,6-9,15H2,1-2H3;2-7H,1H3. The Bertz CT molecular complexity index is 2570. The van der Waals surface area contributed by atoms with Crippen LogP contribution in [-0.2, 0) is 15.9 Å². The Labute approximate surface area is 398 Å². The molecule has 4 heterocycles. The van der Waals surface area contributed by atoms with Crippen molar-refractivity contribution in [3.63, 3.8) is 0 Å². The zero-order valence-corrected chi connectivity index (χ0v) is 39.9. The topological polar surface area (TPSA) is 162 Å². The smallest absolute Gasteiger partial charge is 0.340 e. The molecule has 2 aromatic heterocycles. The quantitative estimate of drug-likeness (QED) is 0.0723. The van der Waals surface area contributed by atoms with Crippen LogP contribution in [0.25, 0.3) is 22.5 Å². The first-order valence-electron chi connectivity index (χ1n) is 22.3. The van der Waals surface area contributed by atoms with Gasteiger partial charge >= 0.3 is 11.9 Å². The van der Waals surface area contributed by atoms with Crippen LogP contribution in [0.3, 0.4) is 0 Å². The summed E-state index contributed by atoms with van der Waals surface area (Å²) in [6.07, 6.45) is 3.59. The van der Waals surface area contributed by atoms with Crippen molar-refractivity contribution in [2.75, 3.05) is 109 Å². The SMILES string of the molecule is CCOC(=O)c1cc(Cc2cc(-c3ccccc3OC)ncn2)ccc1N1CCN(C)CC1.CCOC(=O)c1cc(N)ccc1N1CCN(C)CC1.COc1ccccc1-c1cc(Cl)ncn1. The number of carbonyl (C=O) groups excluding carboxylic acids is 2. The molecule has 67 heavy (non-hydrogen) atoms. The number of likely N-dealkylation sites (N-methyl/N-ethyl adjacent to an activating group) is 2. The number of anilines is 3. The molecule has 0 atom stereocenters. The summed E-state index contributed by atoms with van der Waals surface area (Å²) in [7, 11) is 7.50. The van der Waals surface area contributed by atoms with Gasteiger partial charge in [0.05, 0.1) is 61.3 Å². The van der Waals surface area contributed by atoms with Crippen LogP contribution in [0.15, 0.2) is 110 Å². The number of nitrogen functional groups attached to an aromatic ring is 1. The number of hydrogen-bond donors (Lipinski definition) is 1. The second-order valence-corrected chi connectivity index (χ2v) is 16.2. The lowest BCUT2D eigenvalue weighted by molar-refractivity contribution is 0.0517. The molecule has 0 unspecified atom stereocenters. The average Bonchev–Trinajstić information content (AvgIpc) is 3.35. The number of piperazine rings is 2. The molecular formula is C51H60ClN9O6. The molecule has 16 heteroatoms. The summed E-state index contributed by atoms with van der Waals surface area (Å²) in [5, 5.41) is 0.422. The zero-order chi connectivity index (χ0) is 47.7. The maximum atomic E-state index is 12.8. The summed E-state index contributed by atoms with van der Waals surface area (Å²) < 4.78 is 21.2. The molecule has 2 fully saturated rings. The van der Waals surface area contributed by atoms with E-state index in [4.69, 9.17) is 36.3 Å². The first-order valence-corrected chi connectivity index (χ1v) is 22.7. The number of ether oxygens (including phenoxy) is 4. The van der Waals surface area contributed by atoms with E-state index < -0.39 is 0 Å². The Morgan fingerprint density at radius 3 is 1.58 bits per heavy atom. The Morgan fingerprint density at radius 2 is 1.07 bits per heavy atom. The molecule has 2 aliphatic rings. The molecule has 0 spiro atoms. The fraction of sp³-hybridized carbons (Fsp3) is 0.333. The molecule has 2 N–H and O–H groups in total. The Morgan fingerprint density at radius 1 is 0.597 bits per heavy atom. The van der Waals surface area contributed by atoms with Crippen molar-refractivity contribution in [2.45, 2.75) is 20.3 Å². The molecule has 6 aromatic rings. The maximum absolute atomic E-state index is 12.8. The van der Waals surface area contributed by atoms with Crippen LogP contribution >= 0.6 is 11.6 Å². The van der Waals surface area contributed by atoms with Gasteiger partial charge in [0.15, 0.2) is 0 Å². The number of esters is 2. The predicted octanol–water partition coefficient (Wildman–Crippen LogP) is 7.67. The van der Waals surface area contributed by atoms with Crippen molar-refractivity contribution in [1.82, 2.24) is 29.7 Å². The first kappa shape index (κ1) is 49.6. The van der Waals surface area contributed by atoms with Crippen LogP contribution in [-0.4, -0.2) is 136 Å². The number of benzene rings is 4. The van der Waals surface area contributed by atoms with E-state index in [1.807, 2.05) is 85.8 Å². The van der Waals surface area contributed by atoms with Crippen molar-refractivity contribution < 1.29 is 28.5 Å². The van der Waals surface area contributed by atoms with Gasteiger partial charge < -0.3 is 44.3 Å². The van der Waals surface area contributed by atoms with Gasteiger partial charge in [0.2, 0.25) is 0 Å². The Hall–Kier alpha value is -6.81. The van der Waals surface area contributed by atoms with Gasteiger partial charge in [-0.05, 0) is 94.2 Å². The number of para-hydroxylation sites is 2. The van der Waals surface area contributed by atoms with E-state index in [1.54, 1.807) is 39.6 Å². The average molecular weight is 931 g/mol. The van der Waals surface area contributed by atoms with E-state index in [1.165, 1.54) is 6.33 Å². The first-order chi connectivity index (χ1) is 32.5. The van der Waals surface area contributed by atoms with E-state index in [0.29, 0.717) is 41.6 Å². The fourth-order valence-electron chi connectivity index (χ4n) is 7.68. The summed E-state index contributed by atoms with van der Waals surface area (Å²) >= 11 is 5.80. The third kappa shape index (κ3) is 13.6. The maximum Gasteiger partial charge on any atom is 0.340 e. The predicted molar refractivity (Wildman–Crippen MR) is 264 cm³/mol. The second kappa shape index (κ2) is 24.6. The van der Waals surface area contributed by atoms with Gasteiger partial charge in [0, 0.05) is 87.4 Å². The van der Waals surface area contributed by atoms with Gasteiger partial charge in [0.1, 0.15) is 29.3 Å². The van der Waals surface area contributed by atoms with Gasteiger partial charge in [-0.3, -0.25) is 0 Å². The summed E-state index contributed by atoms with van der Waals surface area (Å²) in [5.74, 6) is 0.949. The van der Waals surface area contributed by atoms with E-state index in [-0.39, 0.29) is 11.9 Å². The third-order valence-electron chi connectivity index (χ3n) is 11.3. The number of aromatic nitrogens is 4. The molecule has 0 bridgehead atoms. The van der Waals surface area contributed by atoms with E-state index in [2.05, 4.69) is 59.7 Å². The van der Waals surface area contributed by atoms with Crippen molar-refractivity contribution in [2.24, 2.45) is 0 Å². The van der Waals surface area contributed by atoms with Crippen LogP contribution in [0.1, 0.15) is 45.8 Å². The largest absolute Gasteiger partial charge is 0.496 e.